The summed E-state index contributed by atoms with van der Waals surface area (Å²) >= 11 is 1.49. The van der Waals surface area contributed by atoms with Crippen molar-refractivity contribution in [2.45, 2.75) is 32.9 Å². The lowest BCUT2D eigenvalue weighted by Crippen LogP contribution is -2.35. The maximum Gasteiger partial charge on any atom is 0.229 e. The number of thiophene rings is 1. The van der Waals surface area contributed by atoms with E-state index in [2.05, 4.69) is 5.32 Å². The van der Waals surface area contributed by atoms with Crippen LogP contribution in [0.3, 0.4) is 0 Å². The van der Waals surface area contributed by atoms with E-state index in [0.29, 0.717) is 29.8 Å². The monoisotopic (exact) mass is 378 g/mol. The summed E-state index contributed by atoms with van der Waals surface area (Å²) in [6.45, 7) is 6.16. The third-order valence-corrected chi connectivity index (χ3v) is 4.49. The number of methoxy groups -OCH3 is 1. The second kappa shape index (κ2) is 9.56. The van der Waals surface area contributed by atoms with Crippen LogP contribution in [0.4, 0.5) is 10.7 Å². The molecule has 1 amide bonds. The molecule has 1 heterocycles. The number of nitrogens with zero attached hydrogens (tertiary/aromatic N) is 1. The largest absolute Gasteiger partial charge is 0.493 e. The van der Waals surface area contributed by atoms with Crippen LogP contribution >= 0.6 is 11.3 Å². The number of nitrogens with one attached hydrogen (secondary N) is 1. The Labute approximate surface area is 158 Å². The Kier molecular flexibility index (Phi) is 7.44. The minimum absolute atomic E-state index is 0.0849. The molecule has 6 nitrogen and oxygen atoms in total. The van der Waals surface area contributed by atoms with Gasteiger partial charge < -0.3 is 19.9 Å². The lowest BCUT2D eigenvalue weighted by atomic mass is 10.2. The van der Waals surface area contributed by atoms with Gasteiger partial charge in [-0.25, -0.2) is 0 Å². The van der Waals surface area contributed by atoms with E-state index in [1.165, 1.54) is 18.3 Å². The summed E-state index contributed by atoms with van der Waals surface area (Å²) in [6, 6.07) is 9.40. The number of aliphatic hydroxyl groups excluding tert-OH is 1. The Bertz CT molecular complexity index is 704. The van der Waals surface area contributed by atoms with Crippen LogP contribution in [-0.2, 0) is 4.79 Å². The van der Waals surface area contributed by atoms with Crippen molar-refractivity contribution < 1.29 is 19.4 Å². The van der Waals surface area contributed by atoms with Crippen LogP contribution in [0.5, 0.6) is 11.5 Å². The third-order valence-electron chi connectivity index (χ3n) is 3.64. The van der Waals surface area contributed by atoms with E-state index in [1.807, 2.05) is 31.4 Å². The Morgan fingerprint density at radius 3 is 2.65 bits per heavy atom. The quantitative estimate of drug-likeness (QED) is 0.701. The molecule has 0 bridgehead atoms. The zero-order chi connectivity index (χ0) is 19.1. The molecule has 26 heavy (non-hydrogen) atoms. The summed E-state index contributed by atoms with van der Waals surface area (Å²) in [5, 5.41) is 15.9. The van der Waals surface area contributed by atoms with Gasteiger partial charge in [-0.3, -0.25) is 9.69 Å². The van der Waals surface area contributed by atoms with Crippen LogP contribution < -0.4 is 19.7 Å². The van der Waals surface area contributed by atoms with Crippen molar-refractivity contribution in [3.63, 3.8) is 0 Å². The van der Waals surface area contributed by atoms with Crippen molar-refractivity contribution >= 4 is 27.9 Å². The van der Waals surface area contributed by atoms with Crippen LogP contribution in [0.2, 0.25) is 0 Å². The van der Waals surface area contributed by atoms with Gasteiger partial charge in [0.05, 0.1) is 12.8 Å². The van der Waals surface area contributed by atoms with Gasteiger partial charge in [-0.2, -0.15) is 0 Å². The average molecular weight is 378 g/mol. The molecular weight excluding hydrogens is 352 g/mol. The molecule has 1 aromatic carbocycles. The second-order valence-electron chi connectivity index (χ2n) is 6.17. The van der Waals surface area contributed by atoms with Gasteiger partial charge >= 0.3 is 0 Å². The molecule has 0 aliphatic heterocycles. The Morgan fingerprint density at radius 2 is 2.08 bits per heavy atom. The molecule has 0 saturated heterocycles. The number of amides is 1. The van der Waals surface area contributed by atoms with Gasteiger partial charge in [-0.15, -0.1) is 11.3 Å². The van der Waals surface area contributed by atoms with E-state index in [1.54, 1.807) is 30.2 Å². The van der Waals surface area contributed by atoms with Gasteiger partial charge in [-0.1, -0.05) is 13.8 Å². The highest BCUT2D eigenvalue weighted by Crippen LogP contribution is 2.36. The number of aliphatic hydroxyl groups is 1. The van der Waals surface area contributed by atoms with Gasteiger partial charge in [0, 0.05) is 25.6 Å². The molecule has 0 aliphatic rings. The first-order valence-corrected chi connectivity index (χ1v) is 9.36. The third kappa shape index (κ3) is 5.45. The Balaban J connectivity index is 2.12. The van der Waals surface area contributed by atoms with Crippen LogP contribution in [-0.4, -0.2) is 43.4 Å². The number of anilines is 2. The summed E-state index contributed by atoms with van der Waals surface area (Å²) in [7, 11) is 1.55. The van der Waals surface area contributed by atoms with Crippen molar-refractivity contribution in [3.8, 4) is 11.5 Å². The maximum absolute atomic E-state index is 12.1. The standard InChI is InChI=1S/C19H26N2O4S/c1-13(2)20-11-16(23)12-25-17-8-7-15(10-18(17)24-4)21(14(3)22)19-6-5-9-26-19/h5-10,13,16,20,23H,11-12H2,1-4H3. The van der Waals surface area contributed by atoms with Gasteiger partial charge in [0.1, 0.15) is 17.7 Å². The molecule has 142 valence electrons. The highest BCUT2D eigenvalue weighted by molar-refractivity contribution is 7.14. The second-order valence-corrected chi connectivity index (χ2v) is 7.09. The average Bonchev–Trinajstić information content (AvgIpc) is 3.12. The fraction of sp³-hybridized carbons (Fsp3) is 0.421. The zero-order valence-electron chi connectivity index (χ0n) is 15.6. The first kappa shape index (κ1) is 20.2. The van der Waals surface area contributed by atoms with E-state index in [0.717, 1.165) is 5.00 Å². The van der Waals surface area contributed by atoms with Crippen molar-refractivity contribution in [2.75, 3.05) is 25.2 Å². The fourth-order valence-corrected chi connectivity index (χ4v) is 3.19. The SMILES string of the molecule is COc1cc(N(C(C)=O)c2cccs2)ccc1OCC(O)CNC(C)C. The number of hydrogen-bond donors (Lipinski definition) is 2. The lowest BCUT2D eigenvalue weighted by Gasteiger charge is -2.21. The molecule has 2 rings (SSSR count). The summed E-state index contributed by atoms with van der Waals surface area (Å²) in [6.07, 6.45) is -0.624. The van der Waals surface area contributed by atoms with Crippen LogP contribution in [0.15, 0.2) is 35.7 Å². The molecular formula is C19H26N2O4S. The molecule has 0 radical (unpaired) electrons. The molecule has 1 aromatic heterocycles. The Morgan fingerprint density at radius 1 is 1.31 bits per heavy atom. The van der Waals surface area contributed by atoms with E-state index in [4.69, 9.17) is 9.47 Å². The first-order valence-electron chi connectivity index (χ1n) is 8.48. The van der Waals surface area contributed by atoms with Crippen LogP contribution in [0.1, 0.15) is 20.8 Å². The van der Waals surface area contributed by atoms with Crippen molar-refractivity contribution in [1.82, 2.24) is 5.32 Å². The van der Waals surface area contributed by atoms with Gasteiger partial charge in [0.2, 0.25) is 5.91 Å². The van der Waals surface area contributed by atoms with Gasteiger partial charge in [0.15, 0.2) is 11.5 Å². The molecule has 0 fully saturated rings. The van der Waals surface area contributed by atoms with Crippen LogP contribution in [0, 0.1) is 0 Å². The minimum Gasteiger partial charge on any atom is -0.493 e. The number of hydrogen-bond acceptors (Lipinski definition) is 6. The predicted octanol–water partition coefficient (Wildman–Crippen LogP) is 3.18. The fourth-order valence-electron chi connectivity index (χ4n) is 2.39. The maximum atomic E-state index is 12.1. The summed E-state index contributed by atoms with van der Waals surface area (Å²) in [5.74, 6) is 0.946. The Hall–Kier alpha value is -2.09. The number of benzene rings is 1. The zero-order valence-corrected chi connectivity index (χ0v) is 16.4. The first-order chi connectivity index (χ1) is 12.4. The van der Waals surface area contributed by atoms with E-state index in [-0.39, 0.29) is 12.5 Å². The van der Waals surface area contributed by atoms with Crippen molar-refractivity contribution in [3.05, 3.63) is 35.7 Å². The van der Waals surface area contributed by atoms with Crippen molar-refractivity contribution in [1.29, 1.82) is 0 Å². The molecule has 7 heteroatoms. The number of carbonyl (C=O) groups is 1. The summed E-state index contributed by atoms with van der Waals surface area (Å²) in [5.41, 5.74) is 0.700. The molecule has 2 N–H and O–H groups in total. The number of ether oxygens (including phenoxy) is 2. The smallest absolute Gasteiger partial charge is 0.229 e. The van der Waals surface area contributed by atoms with Gasteiger partial charge in [-0.05, 0) is 29.6 Å². The topological polar surface area (TPSA) is 71.0 Å². The van der Waals surface area contributed by atoms with Crippen LogP contribution in [0.25, 0.3) is 0 Å². The molecule has 0 saturated carbocycles. The molecule has 0 spiro atoms. The highest BCUT2D eigenvalue weighted by atomic mass is 32.1. The van der Waals surface area contributed by atoms with Crippen molar-refractivity contribution in [2.24, 2.45) is 0 Å². The number of carbonyl (C=O) groups excluding carboxylic acids is 1. The van der Waals surface area contributed by atoms with E-state index >= 15 is 0 Å². The lowest BCUT2D eigenvalue weighted by molar-refractivity contribution is -0.115. The number of rotatable bonds is 9. The van der Waals surface area contributed by atoms with E-state index < -0.39 is 6.10 Å². The molecule has 2 aromatic rings. The molecule has 1 atom stereocenters. The molecule has 0 aliphatic carbocycles. The van der Waals surface area contributed by atoms with E-state index in [9.17, 15) is 9.90 Å². The normalized spacial score (nSPS) is 12.1. The highest BCUT2D eigenvalue weighted by Gasteiger charge is 2.18. The summed E-state index contributed by atoms with van der Waals surface area (Å²) in [4.78, 5) is 13.7. The van der Waals surface area contributed by atoms with Gasteiger partial charge in [0.25, 0.3) is 0 Å². The predicted molar refractivity (Wildman–Crippen MR) is 105 cm³/mol. The minimum atomic E-state index is -0.624. The summed E-state index contributed by atoms with van der Waals surface area (Å²) < 4.78 is 11.1. The molecule has 1 unspecified atom stereocenters.